The number of hydrogen-bond acceptors (Lipinski definition) is 8. The molecule has 1 amide bonds. The van der Waals surface area contributed by atoms with Crippen LogP contribution in [0.5, 0.6) is 0 Å². The maximum atomic E-state index is 14.3. The van der Waals surface area contributed by atoms with Crippen molar-refractivity contribution in [2.45, 2.75) is 81.2 Å². The highest BCUT2D eigenvalue weighted by Gasteiger charge is 2.65. The highest BCUT2D eigenvalue weighted by molar-refractivity contribution is 7.89. The van der Waals surface area contributed by atoms with E-state index in [1.54, 1.807) is 30.3 Å². The second-order valence-electron chi connectivity index (χ2n) is 15.2. The highest BCUT2D eigenvalue weighted by atomic mass is 32.2. The summed E-state index contributed by atoms with van der Waals surface area (Å²) in [6.07, 6.45) is -0.0462. The molecule has 51 heavy (non-hydrogen) atoms. The van der Waals surface area contributed by atoms with E-state index in [0.717, 1.165) is 10.4 Å². The molecule has 2 N–H and O–H groups in total. The zero-order valence-electron chi connectivity index (χ0n) is 29.9. The van der Waals surface area contributed by atoms with Crippen LogP contribution < -0.4 is 15.7 Å². The summed E-state index contributed by atoms with van der Waals surface area (Å²) >= 11 is 0. The van der Waals surface area contributed by atoms with Gasteiger partial charge in [-0.2, -0.15) is 4.31 Å². The van der Waals surface area contributed by atoms with Crippen molar-refractivity contribution in [2.75, 3.05) is 32.9 Å². The molecule has 0 radical (unpaired) electrons. The molecule has 1 aliphatic carbocycles. The Bertz CT molecular complexity index is 1740. The largest absolute Gasteiger partial charge is 0.407 e. The fourth-order valence-electron chi connectivity index (χ4n) is 8.65. The summed E-state index contributed by atoms with van der Waals surface area (Å²) < 4.78 is 48.9. The van der Waals surface area contributed by atoms with E-state index in [1.807, 2.05) is 36.4 Å². The van der Waals surface area contributed by atoms with Gasteiger partial charge in [0, 0.05) is 44.9 Å². The van der Waals surface area contributed by atoms with Crippen molar-refractivity contribution in [3.05, 3.63) is 91.0 Å². The van der Waals surface area contributed by atoms with E-state index in [0.29, 0.717) is 19.6 Å². The SMILES string of the molecule is CC(=O)N[C@@H]1[C@@]2(CO[Si](c3ccccc3)(c3ccccc3)C(C)(C)C)CN(S(=O)(=O)c3ccccc3)CC[C@H]2CC(=O)[C@@]1(O)CCC1OCCO1. The molecular formula is C39H50N2O8SSi. The van der Waals surface area contributed by atoms with Gasteiger partial charge >= 0.3 is 0 Å². The molecule has 274 valence electrons. The summed E-state index contributed by atoms with van der Waals surface area (Å²) in [5.74, 6) is -1.21. The minimum Gasteiger partial charge on any atom is -0.407 e. The number of sulfonamides is 1. The number of ketones is 1. The number of piperidine rings is 1. The maximum Gasteiger partial charge on any atom is 0.261 e. The second kappa shape index (κ2) is 14.7. The van der Waals surface area contributed by atoms with Gasteiger partial charge in [-0.05, 0) is 46.3 Å². The van der Waals surface area contributed by atoms with Crippen LogP contribution in [0.4, 0.5) is 0 Å². The van der Waals surface area contributed by atoms with Gasteiger partial charge < -0.3 is 24.3 Å². The van der Waals surface area contributed by atoms with Crippen LogP contribution in [0.2, 0.25) is 5.04 Å². The van der Waals surface area contributed by atoms with E-state index in [2.05, 4.69) is 50.4 Å². The maximum absolute atomic E-state index is 14.3. The van der Waals surface area contributed by atoms with Crippen LogP contribution in [0.15, 0.2) is 95.9 Å². The van der Waals surface area contributed by atoms with E-state index in [-0.39, 0.29) is 55.6 Å². The van der Waals surface area contributed by atoms with Crippen LogP contribution in [-0.4, -0.2) is 88.7 Å². The molecular weight excluding hydrogens is 685 g/mol. The van der Waals surface area contributed by atoms with Crippen molar-refractivity contribution in [2.24, 2.45) is 11.3 Å². The summed E-state index contributed by atoms with van der Waals surface area (Å²) in [5, 5.41) is 17.3. The Morgan fingerprint density at radius 2 is 1.51 bits per heavy atom. The average molecular weight is 735 g/mol. The molecule has 0 aromatic heterocycles. The topological polar surface area (TPSA) is 131 Å². The van der Waals surface area contributed by atoms with Crippen molar-refractivity contribution in [1.29, 1.82) is 0 Å². The van der Waals surface area contributed by atoms with Crippen LogP contribution in [0, 0.1) is 11.3 Å². The zero-order valence-corrected chi connectivity index (χ0v) is 31.7. The van der Waals surface area contributed by atoms with E-state index < -0.39 is 52.6 Å². The minimum atomic E-state index is -4.00. The van der Waals surface area contributed by atoms with E-state index in [1.165, 1.54) is 11.2 Å². The van der Waals surface area contributed by atoms with E-state index in [4.69, 9.17) is 13.9 Å². The lowest BCUT2D eigenvalue weighted by Crippen LogP contribution is -2.76. The summed E-state index contributed by atoms with van der Waals surface area (Å²) in [7, 11) is -7.20. The molecule has 4 atom stereocenters. The minimum absolute atomic E-state index is 0.0112. The number of nitrogens with zero attached hydrogens (tertiary/aromatic N) is 1. The number of nitrogens with one attached hydrogen (secondary N) is 1. The first kappa shape index (κ1) is 37.5. The van der Waals surface area contributed by atoms with Gasteiger partial charge in [0.2, 0.25) is 15.9 Å². The van der Waals surface area contributed by atoms with Crippen LogP contribution in [0.3, 0.4) is 0 Å². The number of Topliss-reactive ketones (excluding diaryl/α,β-unsaturated/α-hetero) is 1. The third kappa shape index (κ3) is 6.99. The molecule has 3 aliphatic rings. The molecule has 0 unspecified atom stereocenters. The van der Waals surface area contributed by atoms with Crippen molar-refractivity contribution in [3.8, 4) is 0 Å². The first-order valence-electron chi connectivity index (χ1n) is 17.8. The Labute approximate surface area is 302 Å². The summed E-state index contributed by atoms with van der Waals surface area (Å²) in [6, 6.07) is 27.4. The van der Waals surface area contributed by atoms with Crippen molar-refractivity contribution in [3.63, 3.8) is 0 Å². The monoisotopic (exact) mass is 734 g/mol. The number of benzene rings is 3. The molecule has 3 aromatic carbocycles. The molecule has 10 nitrogen and oxygen atoms in total. The lowest BCUT2D eigenvalue weighted by atomic mass is 9.54. The molecule has 3 aromatic rings. The Hall–Kier alpha value is -3.23. The van der Waals surface area contributed by atoms with E-state index >= 15 is 0 Å². The number of amides is 1. The van der Waals surface area contributed by atoms with Gasteiger partial charge in [-0.1, -0.05) is 99.6 Å². The number of carbonyl (C=O) groups excluding carboxylic acids is 2. The predicted octanol–water partition coefficient (Wildman–Crippen LogP) is 3.62. The molecule has 2 heterocycles. The first-order valence-corrected chi connectivity index (χ1v) is 21.1. The molecule has 2 aliphatic heterocycles. The Morgan fingerprint density at radius 1 is 0.961 bits per heavy atom. The molecule has 0 bridgehead atoms. The zero-order chi connectivity index (χ0) is 36.5. The Kier molecular flexibility index (Phi) is 10.8. The number of ether oxygens (including phenoxy) is 2. The first-order chi connectivity index (χ1) is 24.2. The quantitative estimate of drug-likeness (QED) is 0.286. The fourth-order valence-corrected chi connectivity index (χ4v) is 14.8. The number of rotatable bonds is 11. The summed E-state index contributed by atoms with van der Waals surface area (Å²) in [5.41, 5.74) is -3.23. The Balaban J connectivity index is 1.52. The predicted molar refractivity (Wildman–Crippen MR) is 196 cm³/mol. The number of hydrogen-bond donors (Lipinski definition) is 2. The summed E-state index contributed by atoms with van der Waals surface area (Å²) in [6.45, 7) is 8.78. The van der Waals surface area contributed by atoms with Crippen molar-refractivity contribution in [1.82, 2.24) is 9.62 Å². The fraction of sp³-hybridized carbons (Fsp3) is 0.487. The number of aliphatic hydroxyl groups is 1. The number of fused-ring (bicyclic) bond motifs is 1. The van der Waals surface area contributed by atoms with Gasteiger partial charge in [0.25, 0.3) is 8.32 Å². The molecule has 2 saturated heterocycles. The van der Waals surface area contributed by atoms with Gasteiger partial charge in [0.05, 0.1) is 24.2 Å². The molecule has 3 fully saturated rings. The third-order valence-electron chi connectivity index (χ3n) is 11.1. The van der Waals surface area contributed by atoms with Gasteiger partial charge in [-0.25, -0.2) is 8.42 Å². The molecule has 12 heteroatoms. The van der Waals surface area contributed by atoms with Crippen molar-refractivity contribution < 1.29 is 37.0 Å². The van der Waals surface area contributed by atoms with E-state index in [9.17, 15) is 23.1 Å². The lowest BCUT2D eigenvalue weighted by molar-refractivity contribution is -0.176. The van der Waals surface area contributed by atoms with Gasteiger partial charge in [0.15, 0.2) is 12.1 Å². The third-order valence-corrected chi connectivity index (χ3v) is 18.0. The molecule has 6 rings (SSSR count). The molecule has 0 spiro atoms. The number of carbonyl (C=O) groups is 2. The van der Waals surface area contributed by atoms with Gasteiger partial charge in [-0.15, -0.1) is 0 Å². The van der Waals surface area contributed by atoms with Gasteiger partial charge in [-0.3, -0.25) is 9.59 Å². The van der Waals surface area contributed by atoms with Crippen LogP contribution >= 0.6 is 0 Å². The van der Waals surface area contributed by atoms with Crippen molar-refractivity contribution >= 4 is 40.4 Å². The lowest BCUT2D eigenvalue weighted by Gasteiger charge is -2.59. The highest BCUT2D eigenvalue weighted by Crippen LogP contribution is 2.52. The smallest absolute Gasteiger partial charge is 0.261 e. The average Bonchev–Trinajstić information content (AvgIpc) is 3.65. The second-order valence-corrected chi connectivity index (χ2v) is 21.5. The van der Waals surface area contributed by atoms with Crippen LogP contribution in [0.25, 0.3) is 0 Å². The van der Waals surface area contributed by atoms with Gasteiger partial charge in [0.1, 0.15) is 5.60 Å². The van der Waals surface area contributed by atoms with Crippen LogP contribution in [-0.2, 0) is 33.5 Å². The standard InChI is InChI=1S/C39H50N2O8SSi/c1-29(42)40-36-38(28-49-51(37(2,3)4,32-16-10-6-11-17-32)33-18-12-7-13-19-33)27-41(50(45,46)31-14-8-5-9-15-31)23-21-30(38)26-34(43)39(36,44)22-20-35-47-24-25-48-35/h5-19,30,35-36,44H,20-28H2,1-4H3,(H,40,42)/t30-,36+,38+,39-/m0/s1. The normalized spacial score (nSPS) is 26.5. The van der Waals surface area contributed by atoms with Crippen LogP contribution in [0.1, 0.15) is 53.4 Å². The Morgan fingerprint density at radius 3 is 2.04 bits per heavy atom. The molecule has 1 saturated carbocycles. The summed E-state index contributed by atoms with van der Waals surface area (Å²) in [4.78, 5) is 27.5.